The fraction of sp³-hybridized carbons (Fsp3) is 0.333. The second-order valence-electron chi connectivity index (χ2n) is 9.67. The van der Waals surface area contributed by atoms with Crippen LogP contribution in [0.1, 0.15) is 53.4 Å². The number of carboxylic acid groups (broad SMARTS) is 1. The summed E-state index contributed by atoms with van der Waals surface area (Å²) in [6.45, 7) is 4.27. The largest absolute Gasteiger partial charge is 0.465 e. The SMILES string of the molecule is C=CC(=O)N1CC2c3c(nn(-c4ccc(C5CC5)cc4)c3CCN2C(=O)O)C(n2ccccc2=O)C1. The van der Waals surface area contributed by atoms with E-state index in [9.17, 15) is 19.5 Å². The molecule has 0 spiro atoms. The van der Waals surface area contributed by atoms with Gasteiger partial charge in [0.2, 0.25) is 5.91 Å². The third-order valence-electron chi connectivity index (χ3n) is 7.56. The van der Waals surface area contributed by atoms with Gasteiger partial charge in [0.05, 0.1) is 29.2 Å². The molecular weight excluding hydrogens is 458 g/mol. The van der Waals surface area contributed by atoms with Crippen LogP contribution in [0.5, 0.6) is 0 Å². The molecule has 3 aliphatic rings. The quantitative estimate of drug-likeness (QED) is 0.573. The van der Waals surface area contributed by atoms with Crippen LogP contribution in [0, 0.1) is 0 Å². The molecule has 9 heteroatoms. The van der Waals surface area contributed by atoms with Gasteiger partial charge < -0.3 is 14.6 Å². The fourth-order valence-corrected chi connectivity index (χ4v) is 5.61. The number of benzene rings is 1. The molecule has 184 valence electrons. The van der Waals surface area contributed by atoms with E-state index in [4.69, 9.17) is 5.10 Å². The first-order valence-electron chi connectivity index (χ1n) is 12.3. The molecule has 1 aliphatic carbocycles. The van der Waals surface area contributed by atoms with Crippen molar-refractivity contribution in [3.63, 3.8) is 0 Å². The van der Waals surface area contributed by atoms with E-state index in [0.29, 0.717) is 24.6 Å². The number of amides is 2. The third-order valence-corrected chi connectivity index (χ3v) is 7.56. The standard InChI is InChI=1S/C27H27N5O4/c1-2-23(33)29-15-21-25-20(12-14-31(21)27(35)36)32(19-10-8-18(9-11-19)17-6-7-17)28-26(25)22(16-29)30-13-4-3-5-24(30)34/h2-5,8-11,13,17,21-22H,1,6-7,12,14-16H2,(H,35,36). The summed E-state index contributed by atoms with van der Waals surface area (Å²) in [4.78, 5) is 40.9. The zero-order valence-electron chi connectivity index (χ0n) is 19.8. The highest BCUT2D eigenvalue weighted by atomic mass is 16.4. The van der Waals surface area contributed by atoms with Crippen molar-refractivity contribution >= 4 is 12.0 Å². The second-order valence-corrected chi connectivity index (χ2v) is 9.67. The fourth-order valence-electron chi connectivity index (χ4n) is 5.61. The number of hydrogen-bond donors (Lipinski definition) is 1. The van der Waals surface area contributed by atoms with Crippen LogP contribution in [0.15, 0.2) is 66.1 Å². The van der Waals surface area contributed by atoms with Crippen molar-refractivity contribution in [1.82, 2.24) is 24.1 Å². The molecule has 0 bridgehead atoms. The zero-order valence-corrected chi connectivity index (χ0v) is 19.8. The lowest BCUT2D eigenvalue weighted by Gasteiger charge is -2.35. The number of nitrogens with zero attached hydrogens (tertiary/aromatic N) is 5. The average molecular weight is 486 g/mol. The van der Waals surface area contributed by atoms with E-state index in [2.05, 4.69) is 30.8 Å². The topological polar surface area (TPSA) is 101 Å². The molecule has 1 aromatic carbocycles. The maximum absolute atomic E-state index is 12.9. The molecule has 2 aromatic heterocycles. The summed E-state index contributed by atoms with van der Waals surface area (Å²) in [5, 5.41) is 15.0. The predicted molar refractivity (Wildman–Crippen MR) is 132 cm³/mol. The molecule has 1 saturated carbocycles. The zero-order chi connectivity index (χ0) is 25.0. The van der Waals surface area contributed by atoms with Crippen molar-refractivity contribution in [1.29, 1.82) is 0 Å². The highest BCUT2D eigenvalue weighted by molar-refractivity contribution is 5.87. The van der Waals surface area contributed by atoms with Crippen LogP contribution >= 0.6 is 0 Å². The molecule has 1 fully saturated rings. The van der Waals surface area contributed by atoms with E-state index in [1.807, 2.05) is 4.68 Å². The van der Waals surface area contributed by atoms with E-state index in [1.54, 1.807) is 27.8 Å². The van der Waals surface area contributed by atoms with E-state index < -0.39 is 18.2 Å². The normalized spacial score (nSPS) is 21.0. The molecule has 3 aromatic rings. The maximum Gasteiger partial charge on any atom is 0.407 e. The van der Waals surface area contributed by atoms with Crippen LogP contribution in [0.2, 0.25) is 0 Å². The number of pyridine rings is 1. The minimum absolute atomic E-state index is 0.168. The van der Waals surface area contributed by atoms with Crippen LogP contribution in [0.25, 0.3) is 5.69 Å². The third kappa shape index (κ3) is 3.62. The number of rotatable bonds is 4. The molecule has 36 heavy (non-hydrogen) atoms. The molecule has 0 saturated heterocycles. The van der Waals surface area contributed by atoms with Gasteiger partial charge in [-0.15, -0.1) is 0 Å². The summed E-state index contributed by atoms with van der Waals surface area (Å²) in [6, 6.07) is 12.2. The Morgan fingerprint density at radius 1 is 1.06 bits per heavy atom. The van der Waals surface area contributed by atoms with Gasteiger partial charge in [0.15, 0.2) is 0 Å². The lowest BCUT2D eigenvalue weighted by Crippen LogP contribution is -2.45. The summed E-state index contributed by atoms with van der Waals surface area (Å²) in [7, 11) is 0. The van der Waals surface area contributed by atoms with Gasteiger partial charge in [-0.25, -0.2) is 9.48 Å². The van der Waals surface area contributed by atoms with Crippen LogP contribution in [0.4, 0.5) is 4.79 Å². The summed E-state index contributed by atoms with van der Waals surface area (Å²) in [5.41, 5.74) is 4.35. The van der Waals surface area contributed by atoms with E-state index in [1.165, 1.54) is 35.4 Å². The Labute approximate surface area is 207 Å². The maximum atomic E-state index is 12.9. The molecule has 2 unspecified atom stereocenters. The number of carbonyl (C=O) groups excluding carboxylic acids is 1. The summed E-state index contributed by atoms with van der Waals surface area (Å²) >= 11 is 0. The Balaban J connectivity index is 1.55. The Morgan fingerprint density at radius 2 is 1.81 bits per heavy atom. The van der Waals surface area contributed by atoms with Gasteiger partial charge in [-0.1, -0.05) is 24.8 Å². The van der Waals surface area contributed by atoms with E-state index in [-0.39, 0.29) is 24.6 Å². The minimum atomic E-state index is -1.04. The molecule has 9 nitrogen and oxygen atoms in total. The van der Waals surface area contributed by atoms with Crippen LogP contribution in [-0.4, -0.2) is 60.9 Å². The summed E-state index contributed by atoms with van der Waals surface area (Å²) in [6.07, 6.45) is 4.81. The summed E-state index contributed by atoms with van der Waals surface area (Å²) in [5.74, 6) is 0.332. The first kappa shape index (κ1) is 22.3. The molecule has 6 rings (SSSR count). The van der Waals surface area contributed by atoms with Gasteiger partial charge in [-0.3, -0.25) is 14.5 Å². The highest BCUT2D eigenvalue weighted by Gasteiger charge is 2.43. The lowest BCUT2D eigenvalue weighted by atomic mass is 9.94. The van der Waals surface area contributed by atoms with Gasteiger partial charge in [0, 0.05) is 43.9 Å². The Hall–Kier alpha value is -4.14. The van der Waals surface area contributed by atoms with Gasteiger partial charge in [0.1, 0.15) is 0 Å². The first-order valence-corrected chi connectivity index (χ1v) is 12.3. The molecular formula is C27H27N5O4. The highest BCUT2D eigenvalue weighted by Crippen LogP contribution is 2.42. The average Bonchev–Trinajstić information content (AvgIpc) is 3.69. The van der Waals surface area contributed by atoms with E-state index >= 15 is 0 Å². The van der Waals surface area contributed by atoms with Gasteiger partial charge in [-0.2, -0.15) is 5.10 Å². The first-order chi connectivity index (χ1) is 17.5. The summed E-state index contributed by atoms with van der Waals surface area (Å²) < 4.78 is 3.48. The lowest BCUT2D eigenvalue weighted by molar-refractivity contribution is -0.127. The van der Waals surface area contributed by atoms with Crippen molar-refractivity contribution in [2.75, 3.05) is 19.6 Å². The Kier molecular flexibility index (Phi) is 5.28. The molecule has 2 aliphatic heterocycles. The molecule has 0 radical (unpaired) electrons. The van der Waals surface area contributed by atoms with Crippen LogP contribution < -0.4 is 5.56 Å². The molecule has 1 N–H and O–H groups in total. The predicted octanol–water partition coefficient (Wildman–Crippen LogP) is 3.11. The number of aromatic nitrogens is 3. The second kappa shape index (κ2) is 8.51. The van der Waals surface area contributed by atoms with E-state index in [0.717, 1.165) is 16.9 Å². The van der Waals surface area contributed by atoms with Crippen LogP contribution in [0.3, 0.4) is 0 Å². The Bertz CT molecular complexity index is 1420. The molecule has 2 atom stereocenters. The van der Waals surface area contributed by atoms with Crippen molar-refractivity contribution < 1.29 is 14.7 Å². The van der Waals surface area contributed by atoms with Crippen LogP contribution in [-0.2, 0) is 11.2 Å². The number of carbonyl (C=O) groups is 2. The number of hydrogen-bond acceptors (Lipinski definition) is 4. The van der Waals surface area contributed by atoms with Gasteiger partial charge >= 0.3 is 6.09 Å². The molecule has 4 heterocycles. The van der Waals surface area contributed by atoms with Crippen molar-refractivity contribution in [3.8, 4) is 5.69 Å². The van der Waals surface area contributed by atoms with Gasteiger partial charge in [-0.05, 0) is 48.6 Å². The Morgan fingerprint density at radius 3 is 2.47 bits per heavy atom. The molecule has 2 amide bonds. The smallest absolute Gasteiger partial charge is 0.407 e. The minimum Gasteiger partial charge on any atom is -0.465 e. The monoisotopic (exact) mass is 485 g/mol. The van der Waals surface area contributed by atoms with Crippen molar-refractivity contribution in [3.05, 3.63) is 94.2 Å². The van der Waals surface area contributed by atoms with Crippen molar-refractivity contribution in [2.24, 2.45) is 0 Å². The van der Waals surface area contributed by atoms with Gasteiger partial charge in [0.25, 0.3) is 5.56 Å². The van der Waals surface area contributed by atoms with Crippen molar-refractivity contribution in [2.45, 2.75) is 37.3 Å².